The molecule has 0 aliphatic heterocycles. The average Bonchev–Trinajstić information content (AvgIpc) is 2.38. The van der Waals surface area contributed by atoms with Gasteiger partial charge in [0.2, 0.25) is 11.8 Å². The first kappa shape index (κ1) is 17.9. The third-order valence-electron chi connectivity index (χ3n) is 3.65. The van der Waals surface area contributed by atoms with Crippen LogP contribution in [-0.4, -0.2) is 30.9 Å². The SMILES string of the molecule is CCC(CC)(CN)C(=O)NC(C)C(=O)NCC(C)C. The maximum atomic E-state index is 12.2. The van der Waals surface area contributed by atoms with E-state index in [1.54, 1.807) is 6.92 Å². The van der Waals surface area contributed by atoms with E-state index in [2.05, 4.69) is 10.6 Å². The third-order valence-corrected chi connectivity index (χ3v) is 3.65. The van der Waals surface area contributed by atoms with E-state index in [1.165, 1.54) is 0 Å². The minimum Gasteiger partial charge on any atom is -0.354 e. The third kappa shape index (κ3) is 5.19. The molecule has 1 unspecified atom stereocenters. The molecule has 0 radical (unpaired) electrons. The van der Waals surface area contributed by atoms with Crippen LogP contribution < -0.4 is 16.4 Å². The molecule has 5 heteroatoms. The molecule has 5 nitrogen and oxygen atoms in total. The summed E-state index contributed by atoms with van der Waals surface area (Å²) in [6, 6.07) is -0.532. The Morgan fingerprint density at radius 1 is 1.16 bits per heavy atom. The molecule has 1 atom stereocenters. The molecule has 0 fully saturated rings. The minimum absolute atomic E-state index is 0.132. The molecular formula is C14H29N3O2. The molecule has 112 valence electrons. The lowest BCUT2D eigenvalue weighted by Crippen LogP contribution is -2.52. The number of nitrogens with one attached hydrogen (secondary N) is 2. The van der Waals surface area contributed by atoms with Gasteiger partial charge in [-0.1, -0.05) is 27.7 Å². The number of amides is 2. The van der Waals surface area contributed by atoms with Crippen LogP contribution in [0.25, 0.3) is 0 Å². The van der Waals surface area contributed by atoms with Gasteiger partial charge in [0, 0.05) is 13.1 Å². The number of hydrogen-bond acceptors (Lipinski definition) is 3. The van der Waals surface area contributed by atoms with E-state index < -0.39 is 11.5 Å². The Balaban J connectivity index is 4.50. The molecule has 0 spiro atoms. The summed E-state index contributed by atoms with van der Waals surface area (Å²) in [4.78, 5) is 24.1. The Morgan fingerprint density at radius 2 is 1.68 bits per heavy atom. The van der Waals surface area contributed by atoms with Crippen molar-refractivity contribution in [1.29, 1.82) is 0 Å². The molecule has 0 saturated heterocycles. The minimum atomic E-state index is -0.563. The van der Waals surface area contributed by atoms with Gasteiger partial charge in [-0.25, -0.2) is 0 Å². The molecule has 0 bridgehead atoms. The van der Waals surface area contributed by atoms with Crippen molar-refractivity contribution in [3.63, 3.8) is 0 Å². The van der Waals surface area contributed by atoms with Crippen LogP contribution in [0.1, 0.15) is 47.5 Å². The highest BCUT2D eigenvalue weighted by Gasteiger charge is 2.34. The zero-order valence-corrected chi connectivity index (χ0v) is 12.9. The van der Waals surface area contributed by atoms with Crippen LogP contribution in [0.3, 0.4) is 0 Å². The van der Waals surface area contributed by atoms with Crippen LogP contribution in [0.5, 0.6) is 0 Å². The maximum Gasteiger partial charge on any atom is 0.242 e. The van der Waals surface area contributed by atoms with E-state index in [9.17, 15) is 9.59 Å². The van der Waals surface area contributed by atoms with Gasteiger partial charge in [-0.05, 0) is 25.7 Å². The summed E-state index contributed by atoms with van der Waals surface area (Å²) in [5.41, 5.74) is 5.16. The largest absolute Gasteiger partial charge is 0.354 e. The molecule has 2 amide bonds. The summed E-state index contributed by atoms with van der Waals surface area (Å²) in [5.74, 6) is 0.105. The summed E-state index contributed by atoms with van der Waals surface area (Å²) in [6.07, 6.45) is 1.35. The topological polar surface area (TPSA) is 84.2 Å². The van der Waals surface area contributed by atoms with Gasteiger partial charge >= 0.3 is 0 Å². The van der Waals surface area contributed by atoms with Crippen molar-refractivity contribution in [1.82, 2.24) is 10.6 Å². The summed E-state index contributed by atoms with van der Waals surface area (Å²) in [7, 11) is 0. The zero-order chi connectivity index (χ0) is 15.1. The lowest BCUT2D eigenvalue weighted by Gasteiger charge is -2.30. The van der Waals surface area contributed by atoms with Crippen molar-refractivity contribution in [2.45, 2.75) is 53.5 Å². The molecular weight excluding hydrogens is 242 g/mol. The molecule has 0 aromatic heterocycles. The summed E-state index contributed by atoms with van der Waals surface area (Å²) >= 11 is 0. The molecule has 19 heavy (non-hydrogen) atoms. The molecule has 0 aromatic rings. The molecule has 0 aromatic carbocycles. The first-order valence-corrected chi connectivity index (χ1v) is 7.11. The van der Waals surface area contributed by atoms with Crippen molar-refractivity contribution in [2.24, 2.45) is 17.1 Å². The Labute approximate surface area is 116 Å². The second-order valence-electron chi connectivity index (χ2n) is 5.53. The predicted octanol–water partition coefficient (Wildman–Crippen LogP) is 1.03. The quantitative estimate of drug-likeness (QED) is 0.616. The van der Waals surface area contributed by atoms with Gasteiger partial charge in [0.05, 0.1) is 5.41 Å². The molecule has 0 heterocycles. The van der Waals surface area contributed by atoms with Crippen LogP contribution in [0.4, 0.5) is 0 Å². The second kappa shape index (κ2) is 8.15. The van der Waals surface area contributed by atoms with E-state index in [0.717, 1.165) is 0 Å². The van der Waals surface area contributed by atoms with Gasteiger partial charge in [-0.3, -0.25) is 9.59 Å². The molecule has 0 aliphatic carbocycles. The molecule has 0 saturated carbocycles. The van der Waals surface area contributed by atoms with Crippen LogP contribution in [0.15, 0.2) is 0 Å². The predicted molar refractivity (Wildman–Crippen MR) is 77.5 cm³/mol. The van der Waals surface area contributed by atoms with Gasteiger partial charge in [0.15, 0.2) is 0 Å². The molecule has 0 rings (SSSR count). The van der Waals surface area contributed by atoms with E-state index in [-0.39, 0.29) is 11.8 Å². The van der Waals surface area contributed by atoms with Gasteiger partial charge in [-0.15, -0.1) is 0 Å². The van der Waals surface area contributed by atoms with Crippen LogP contribution in [-0.2, 0) is 9.59 Å². The lowest BCUT2D eigenvalue weighted by molar-refractivity contribution is -0.135. The molecule has 0 aliphatic rings. The number of carbonyl (C=O) groups excluding carboxylic acids is 2. The normalized spacial score (nSPS) is 13.2. The Bertz CT molecular complexity index is 291. The summed E-state index contributed by atoms with van der Waals surface area (Å²) < 4.78 is 0. The fourth-order valence-corrected chi connectivity index (χ4v) is 1.83. The number of carbonyl (C=O) groups is 2. The van der Waals surface area contributed by atoms with E-state index in [4.69, 9.17) is 5.73 Å². The highest BCUT2D eigenvalue weighted by atomic mass is 16.2. The maximum absolute atomic E-state index is 12.2. The number of rotatable bonds is 8. The monoisotopic (exact) mass is 271 g/mol. The Hall–Kier alpha value is -1.10. The Morgan fingerprint density at radius 3 is 2.05 bits per heavy atom. The first-order valence-electron chi connectivity index (χ1n) is 7.11. The smallest absolute Gasteiger partial charge is 0.242 e. The fourth-order valence-electron chi connectivity index (χ4n) is 1.83. The summed E-state index contributed by atoms with van der Waals surface area (Å²) in [5, 5.41) is 5.57. The molecule has 4 N–H and O–H groups in total. The van der Waals surface area contributed by atoms with E-state index in [0.29, 0.717) is 31.8 Å². The lowest BCUT2D eigenvalue weighted by atomic mass is 9.81. The van der Waals surface area contributed by atoms with Crippen molar-refractivity contribution in [3.8, 4) is 0 Å². The van der Waals surface area contributed by atoms with Crippen molar-refractivity contribution in [3.05, 3.63) is 0 Å². The van der Waals surface area contributed by atoms with Crippen LogP contribution in [0, 0.1) is 11.3 Å². The zero-order valence-electron chi connectivity index (χ0n) is 12.9. The van der Waals surface area contributed by atoms with E-state index >= 15 is 0 Å². The van der Waals surface area contributed by atoms with Gasteiger partial charge in [0.25, 0.3) is 0 Å². The van der Waals surface area contributed by atoms with Crippen molar-refractivity contribution in [2.75, 3.05) is 13.1 Å². The number of nitrogens with two attached hydrogens (primary N) is 1. The van der Waals surface area contributed by atoms with Crippen molar-refractivity contribution < 1.29 is 9.59 Å². The summed E-state index contributed by atoms with van der Waals surface area (Å²) in [6.45, 7) is 10.5. The standard InChI is InChI=1S/C14H29N3O2/c1-6-14(7-2,9-15)13(19)17-11(5)12(18)16-8-10(3)4/h10-11H,6-9,15H2,1-5H3,(H,16,18)(H,17,19). The van der Waals surface area contributed by atoms with Gasteiger partial charge < -0.3 is 16.4 Å². The van der Waals surface area contributed by atoms with Crippen LogP contribution >= 0.6 is 0 Å². The van der Waals surface area contributed by atoms with Gasteiger partial charge in [0.1, 0.15) is 6.04 Å². The van der Waals surface area contributed by atoms with E-state index in [1.807, 2.05) is 27.7 Å². The highest BCUT2D eigenvalue weighted by molar-refractivity contribution is 5.89. The first-order chi connectivity index (χ1) is 8.82. The highest BCUT2D eigenvalue weighted by Crippen LogP contribution is 2.25. The number of hydrogen-bond donors (Lipinski definition) is 3. The average molecular weight is 271 g/mol. The van der Waals surface area contributed by atoms with Crippen molar-refractivity contribution >= 4 is 11.8 Å². The van der Waals surface area contributed by atoms with Gasteiger partial charge in [-0.2, -0.15) is 0 Å². The Kier molecular flexibility index (Phi) is 7.68. The second-order valence-corrected chi connectivity index (χ2v) is 5.53. The van der Waals surface area contributed by atoms with Crippen LogP contribution in [0.2, 0.25) is 0 Å². The fraction of sp³-hybridized carbons (Fsp3) is 0.857.